The molecule has 0 aliphatic heterocycles. The molecule has 3 nitrogen and oxygen atoms in total. The van der Waals surface area contributed by atoms with Crippen molar-refractivity contribution in [3.63, 3.8) is 0 Å². The van der Waals surface area contributed by atoms with Crippen molar-refractivity contribution in [1.82, 2.24) is 0 Å². The van der Waals surface area contributed by atoms with Crippen LogP contribution in [-0.4, -0.2) is 18.2 Å². The van der Waals surface area contributed by atoms with Crippen molar-refractivity contribution in [3.05, 3.63) is 23.5 Å². The zero-order chi connectivity index (χ0) is 15.0. The topological polar surface area (TPSA) is 44.5 Å². The van der Waals surface area contributed by atoms with Gasteiger partial charge >= 0.3 is 0 Å². The molecule has 0 atom stereocenters. The standard InChI is InChI=1S/C15H22FNO2S/c1-3-7-18-13-9-11(5-6-15(17)20)12(16)10-14(13)19-8-4-2/h9-10H,3-8H2,1-2H3,(H2,17,20). The van der Waals surface area contributed by atoms with E-state index in [1.165, 1.54) is 6.07 Å². The highest BCUT2D eigenvalue weighted by Gasteiger charge is 2.12. The van der Waals surface area contributed by atoms with Crippen LogP contribution in [0.25, 0.3) is 0 Å². The second kappa shape index (κ2) is 8.74. The molecule has 0 unspecified atom stereocenters. The molecule has 1 aromatic carbocycles. The fourth-order valence-corrected chi connectivity index (χ4v) is 1.78. The molecule has 0 bridgehead atoms. The van der Waals surface area contributed by atoms with Crippen LogP contribution in [-0.2, 0) is 6.42 Å². The predicted molar refractivity (Wildman–Crippen MR) is 83.1 cm³/mol. The molecule has 0 saturated carbocycles. The van der Waals surface area contributed by atoms with Crippen molar-refractivity contribution in [1.29, 1.82) is 0 Å². The van der Waals surface area contributed by atoms with Crippen LogP contribution in [0, 0.1) is 5.82 Å². The van der Waals surface area contributed by atoms with Crippen molar-refractivity contribution in [3.8, 4) is 11.5 Å². The zero-order valence-electron chi connectivity index (χ0n) is 12.1. The highest BCUT2D eigenvalue weighted by molar-refractivity contribution is 7.80. The minimum absolute atomic E-state index is 0.309. The molecule has 0 heterocycles. The summed E-state index contributed by atoms with van der Waals surface area (Å²) in [4.78, 5) is 0.381. The molecule has 0 amide bonds. The summed E-state index contributed by atoms with van der Waals surface area (Å²) in [7, 11) is 0. The van der Waals surface area contributed by atoms with Gasteiger partial charge in [-0.3, -0.25) is 0 Å². The minimum Gasteiger partial charge on any atom is -0.490 e. The van der Waals surface area contributed by atoms with Gasteiger partial charge in [0.2, 0.25) is 0 Å². The maximum absolute atomic E-state index is 14.0. The van der Waals surface area contributed by atoms with E-state index in [0.717, 1.165) is 12.8 Å². The fraction of sp³-hybridized carbons (Fsp3) is 0.533. The summed E-state index contributed by atoms with van der Waals surface area (Å²) in [6.45, 7) is 5.13. The van der Waals surface area contributed by atoms with E-state index in [0.29, 0.717) is 48.1 Å². The third kappa shape index (κ3) is 5.33. The molecule has 0 spiro atoms. The summed E-state index contributed by atoms with van der Waals surface area (Å²) in [5.41, 5.74) is 6.01. The quantitative estimate of drug-likeness (QED) is 0.707. The largest absolute Gasteiger partial charge is 0.490 e. The number of thiocarbonyl (C=S) groups is 1. The first-order chi connectivity index (χ1) is 9.58. The highest BCUT2D eigenvalue weighted by atomic mass is 32.1. The van der Waals surface area contributed by atoms with Gasteiger partial charge in [-0.25, -0.2) is 4.39 Å². The Morgan fingerprint density at radius 2 is 1.70 bits per heavy atom. The Balaban J connectivity index is 2.93. The van der Waals surface area contributed by atoms with Gasteiger partial charge in [0.25, 0.3) is 0 Å². The van der Waals surface area contributed by atoms with Crippen molar-refractivity contribution in [2.45, 2.75) is 39.5 Å². The first kappa shape index (κ1) is 16.7. The molecule has 0 radical (unpaired) electrons. The number of nitrogens with two attached hydrogens (primary N) is 1. The molecule has 0 saturated heterocycles. The van der Waals surface area contributed by atoms with E-state index in [4.69, 9.17) is 27.4 Å². The summed E-state index contributed by atoms with van der Waals surface area (Å²) in [5, 5.41) is 0. The molecule has 112 valence electrons. The van der Waals surface area contributed by atoms with E-state index in [-0.39, 0.29) is 5.82 Å². The molecule has 1 aromatic rings. The van der Waals surface area contributed by atoms with Gasteiger partial charge in [0, 0.05) is 12.5 Å². The van der Waals surface area contributed by atoms with E-state index in [9.17, 15) is 4.39 Å². The van der Waals surface area contributed by atoms with Crippen LogP contribution < -0.4 is 15.2 Å². The lowest BCUT2D eigenvalue weighted by atomic mass is 10.1. The predicted octanol–water partition coefficient (Wildman–Crippen LogP) is 3.62. The Hall–Kier alpha value is -1.36. The van der Waals surface area contributed by atoms with E-state index in [1.54, 1.807) is 6.07 Å². The third-order valence-corrected chi connectivity index (χ3v) is 2.88. The molecular formula is C15H22FNO2S. The van der Waals surface area contributed by atoms with Gasteiger partial charge < -0.3 is 15.2 Å². The zero-order valence-corrected chi connectivity index (χ0v) is 12.9. The summed E-state index contributed by atoms with van der Waals surface area (Å²) < 4.78 is 25.2. The van der Waals surface area contributed by atoms with Crippen LogP contribution in [0.4, 0.5) is 4.39 Å². The first-order valence-electron chi connectivity index (χ1n) is 6.94. The summed E-state index contributed by atoms with van der Waals surface area (Å²) in [5.74, 6) is 0.729. The Morgan fingerprint density at radius 3 is 2.20 bits per heavy atom. The number of aryl methyl sites for hydroxylation is 1. The number of benzene rings is 1. The number of hydrogen-bond donors (Lipinski definition) is 1. The minimum atomic E-state index is -0.309. The van der Waals surface area contributed by atoms with Gasteiger partial charge in [0.05, 0.1) is 18.2 Å². The monoisotopic (exact) mass is 299 g/mol. The van der Waals surface area contributed by atoms with E-state index in [1.807, 2.05) is 13.8 Å². The second-order valence-corrected chi connectivity index (χ2v) is 5.08. The molecular weight excluding hydrogens is 277 g/mol. The van der Waals surface area contributed by atoms with Crippen LogP contribution in [0.15, 0.2) is 12.1 Å². The normalized spacial score (nSPS) is 10.3. The lowest BCUT2D eigenvalue weighted by molar-refractivity contribution is 0.266. The van der Waals surface area contributed by atoms with Crippen LogP contribution in [0.1, 0.15) is 38.7 Å². The Morgan fingerprint density at radius 1 is 1.15 bits per heavy atom. The highest BCUT2D eigenvalue weighted by Crippen LogP contribution is 2.31. The molecule has 0 aromatic heterocycles. The average molecular weight is 299 g/mol. The lowest BCUT2D eigenvalue weighted by Crippen LogP contribution is -2.10. The fourth-order valence-electron chi connectivity index (χ4n) is 1.68. The number of rotatable bonds is 9. The Labute approximate surface area is 125 Å². The smallest absolute Gasteiger partial charge is 0.164 e. The average Bonchev–Trinajstić information content (AvgIpc) is 2.42. The van der Waals surface area contributed by atoms with Gasteiger partial charge in [0.1, 0.15) is 5.82 Å². The maximum Gasteiger partial charge on any atom is 0.164 e. The molecule has 1 rings (SSSR count). The van der Waals surface area contributed by atoms with Gasteiger partial charge in [-0.15, -0.1) is 0 Å². The SMILES string of the molecule is CCCOc1cc(F)c(CCC(N)=S)cc1OCCC. The molecule has 20 heavy (non-hydrogen) atoms. The van der Waals surface area contributed by atoms with Crippen LogP contribution in [0.3, 0.4) is 0 Å². The Kier molecular flexibility index (Phi) is 7.30. The van der Waals surface area contributed by atoms with Crippen molar-refractivity contribution >= 4 is 17.2 Å². The van der Waals surface area contributed by atoms with E-state index in [2.05, 4.69) is 0 Å². The number of hydrogen-bond acceptors (Lipinski definition) is 3. The van der Waals surface area contributed by atoms with Gasteiger partial charge in [0.15, 0.2) is 11.5 Å². The number of ether oxygens (including phenoxy) is 2. The van der Waals surface area contributed by atoms with Crippen molar-refractivity contribution in [2.24, 2.45) is 5.73 Å². The third-order valence-electron chi connectivity index (χ3n) is 2.68. The van der Waals surface area contributed by atoms with Crippen LogP contribution in [0.5, 0.6) is 11.5 Å². The summed E-state index contributed by atoms with van der Waals surface area (Å²) in [6.07, 6.45) is 2.69. The lowest BCUT2D eigenvalue weighted by Gasteiger charge is -2.14. The van der Waals surface area contributed by atoms with E-state index < -0.39 is 0 Å². The summed E-state index contributed by atoms with van der Waals surface area (Å²) >= 11 is 4.82. The Bertz CT molecular complexity index is 452. The van der Waals surface area contributed by atoms with Gasteiger partial charge in [-0.2, -0.15) is 0 Å². The summed E-state index contributed by atoms with van der Waals surface area (Å²) in [6, 6.07) is 3.07. The van der Waals surface area contributed by atoms with Crippen LogP contribution >= 0.6 is 12.2 Å². The molecule has 2 N–H and O–H groups in total. The number of halogens is 1. The molecule has 0 aliphatic rings. The first-order valence-corrected chi connectivity index (χ1v) is 7.35. The molecule has 0 fully saturated rings. The van der Waals surface area contributed by atoms with Gasteiger partial charge in [-0.1, -0.05) is 26.1 Å². The van der Waals surface area contributed by atoms with Crippen molar-refractivity contribution in [2.75, 3.05) is 13.2 Å². The maximum atomic E-state index is 14.0. The molecule has 0 aliphatic carbocycles. The van der Waals surface area contributed by atoms with Crippen LogP contribution in [0.2, 0.25) is 0 Å². The van der Waals surface area contributed by atoms with E-state index >= 15 is 0 Å². The van der Waals surface area contributed by atoms with Crippen molar-refractivity contribution < 1.29 is 13.9 Å². The van der Waals surface area contributed by atoms with Gasteiger partial charge in [-0.05, 0) is 30.9 Å². The second-order valence-electron chi connectivity index (χ2n) is 4.55. The molecule has 5 heteroatoms.